The van der Waals surface area contributed by atoms with Gasteiger partial charge in [0.25, 0.3) is 0 Å². The average molecular weight is 437 g/mol. The molecule has 0 amide bonds. The zero-order valence-electron chi connectivity index (χ0n) is 18.4. The Morgan fingerprint density at radius 2 is 2.09 bits per heavy atom. The van der Waals surface area contributed by atoms with Crippen LogP contribution in [0.2, 0.25) is 0 Å². The number of aromatic carboxylic acids is 1. The topological polar surface area (TPSA) is 63.5 Å². The molecule has 0 fully saturated rings. The standard InChI is InChI=1S/C26H29FN2O3/c1-32-21-10-11-22-23(16-28-13-12-18-6-3-2-4-7-18)25(26(30)31)29(24(22)15-21)17-19-8-5-9-20(27)14-19/h5-6,8-11,14-15,28H,2-4,7,12-13,16-17H2,1H3,(H,30,31). The molecule has 0 radical (unpaired) electrons. The molecule has 0 saturated carbocycles. The maximum Gasteiger partial charge on any atom is 0.352 e. The number of hydrogen-bond acceptors (Lipinski definition) is 3. The summed E-state index contributed by atoms with van der Waals surface area (Å²) >= 11 is 0. The lowest BCUT2D eigenvalue weighted by Crippen LogP contribution is -2.19. The van der Waals surface area contributed by atoms with Gasteiger partial charge in [-0.1, -0.05) is 23.8 Å². The molecule has 168 valence electrons. The van der Waals surface area contributed by atoms with Gasteiger partial charge in [0.15, 0.2) is 0 Å². The Morgan fingerprint density at radius 1 is 1.22 bits per heavy atom. The Bertz CT molecular complexity index is 1150. The van der Waals surface area contributed by atoms with E-state index in [-0.39, 0.29) is 18.1 Å². The highest BCUT2D eigenvalue weighted by molar-refractivity contribution is 5.98. The largest absolute Gasteiger partial charge is 0.497 e. The Balaban J connectivity index is 1.66. The van der Waals surface area contributed by atoms with Gasteiger partial charge in [-0.15, -0.1) is 0 Å². The van der Waals surface area contributed by atoms with E-state index in [9.17, 15) is 14.3 Å². The number of halogens is 1. The summed E-state index contributed by atoms with van der Waals surface area (Å²) in [5.41, 5.74) is 3.92. The molecule has 0 aliphatic heterocycles. The lowest BCUT2D eigenvalue weighted by Gasteiger charge is -2.13. The van der Waals surface area contributed by atoms with Crippen molar-refractivity contribution in [3.05, 3.63) is 76.8 Å². The van der Waals surface area contributed by atoms with Crippen molar-refractivity contribution < 1.29 is 19.0 Å². The third-order valence-corrected chi connectivity index (χ3v) is 6.12. The highest BCUT2D eigenvalue weighted by Crippen LogP contribution is 2.31. The number of nitrogens with zero attached hydrogens (tertiary/aromatic N) is 1. The second kappa shape index (κ2) is 10.0. The van der Waals surface area contributed by atoms with Crippen LogP contribution in [0.3, 0.4) is 0 Å². The molecular weight excluding hydrogens is 407 g/mol. The number of methoxy groups -OCH3 is 1. The summed E-state index contributed by atoms with van der Waals surface area (Å²) in [5.74, 6) is -0.688. The van der Waals surface area contributed by atoms with E-state index in [0.717, 1.165) is 42.3 Å². The Kier molecular flexibility index (Phi) is 6.90. The van der Waals surface area contributed by atoms with Crippen molar-refractivity contribution in [2.45, 2.75) is 45.2 Å². The fourth-order valence-electron chi connectivity index (χ4n) is 4.53. The molecule has 4 rings (SSSR count). The molecule has 1 aromatic heterocycles. The van der Waals surface area contributed by atoms with Crippen LogP contribution in [0.25, 0.3) is 10.9 Å². The number of fused-ring (bicyclic) bond motifs is 1. The minimum absolute atomic E-state index is 0.224. The second-order valence-corrected chi connectivity index (χ2v) is 8.27. The first-order valence-corrected chi connectivity index (χ1v) is 11.1. The first-order valence-electron chi connectivity index (χ1n) is 11.1. The predicted octanol–water partition coefficient (Wildman–Crippen LogP) is 5.52. The summed E-state index contributed by atoms with van der Waals surface area (Å²) in [7, 11) is 1.58. The van der Waals surface area contributed by atoms with Gasteiger partial charge in [-0.05, 0) is 68.5 Å². The van der Waals surface area contributed by atoms with Gasteiger partial charge in [-0.25, -0.2) is 9.18 Å². The van der Waals surface area contributed by atoms with Gasteiger partial charge in [0.05, 0.1) is 12.6 Å². The molecule has 5 nitrogen and oxygen atoms in total. The van der Waals surface area contributed by atoms with E-state index in [4.69, 9.17) is 4.74 Å². The summed E-state index contributed by atoms with van der Waals surface area (Å²) in [4.78, 5) is 12.3. The number of carboxylic acids is 1. The van der Waals surface area contributed by atoms with E-state index < -0.39 is 5.97 Å². The van der Waals surface area contributed by atoms with Crippen LogP contribution < -0.4 is 10.1 Å². The van der Waals surface area contributed by atoms with Gasteiger partial charge in [0, 0.05) is 30.1 Å². The van der Waals surface area contributed by atoms with Gasteiger partial charge >= 0.3 is 5.97 Å². The van der Waals surface area contributed by atoms with Crippen molar-refractivity contribution in [3.8, 4) is 5.75 Å². The smallest absolute Gasteiger partial charge is 0.352 e. The first kappa shape index (κ1) is 22.1. The third kappa shape index (κ3) is 4.86. The quantitative estimate of drug-likeness (QED) is 0.343. The summed E-state index contributed by atoms with van der Waals surface area (Å²) in [6.45, 7) is 1.52. The Labute approximate surface area is 187 Å². The van der Waals surface area contributed by atoms with E-state index in [1.54, 1.807) is 23.8 Å². The summed E-state index contributed by atoms with van der Waals surface area (Å²) in [6, 6.07) is 11.9. The van der Waals surface area contributed by atoms with Crippen molar-refractivity contribution in [1.29, 1.82) is 0 Å². The zero-order valence-corrected chi connectivity index (χ0v) is 18.4. The van der Waals surface area contributed by atoms with Crippen molar-refractivity contribution in [2.75, 3.05) is 13.7 Å². The number of benzene rings is 2. The fourth-order valence-corrected chi connectivity index (χ4v) is 4.53. The molecule has 0 bridgehead atoms. The zero-order chi connectivity index (χ0) is 22.5. The van der Waals surface area contributed by atoms with Crippen LogP contribution in [0, 0.1) is 5.82 Å². The molecule has 0 spiro atoms. The van der Waals surface area contributed by atoms with Crippen LogP contribution >= 0.6 is 0 Å². The number of carboxylic acid groups (broad SMARTS) is 1. The number of hydrogen-bond donors (Lipinski definition) is 2. The van der Waals surface area contributed by atoms with Crippen molar-refractivity contribution in [1.82, 2.24) is 9.88 Å². The number of aromatic nitrogens is 1. The normalized spacial score (nSPS) is 13.9. The summed E-state index contributed by atoms with van der Waals surface area (Å²) in [6.07, 6.45) is 8.17. The Morgan fingerprint density at radius 3 is 2.81 bits per heavy atom. The Hall–Kier alpha value is -3.12. The maximum absolute atomic E-state index is 13.8. The second-order valence-electron chi connectivity index (χ2n) is 8.27. The fraction of sp³-hybridized carbons (Fsp3) is 0.346. The number of allylic oxidation sites excluding steroid dienone is 1. The highest BCUT2D eigenvalue weighted by Gasteiger charge is 2.23. The summed E-state index contributed by atoms with van der Waals surface area (Å²) < 4.78 is 20.9. The molecule has 2 aromatic carbocycles. The van der Waals surface area contributed by atoms with Crippen molar-refractivity contribution >= 4 is 16.9 Å². The van der Waals surface area contributed by atoms with Crippen LogP contribution in [0.15, 0.2) is 54.1 Å². The predicted molar refractivity (Wildman–Crippen MR) is 124 cm³/mol. The average Bonchev–Trinajstić information content (AvgIpc) is 3.10. The van der Waals surface area contributed by atoms with E-state index in [1.165, 1.54) is 30.5 Å². The molecule has 6 heteroatoms. The van der Waals surface area contributed by atoms with Gasteiger partial charge in [0.1, 0.15) is 17.3 Å². The van der Waals surface area contributed by atoms with Crippen LogP contribution in [-0.4, -0.2) is 29.3 Å². The van der Waals surface area contributed by atoms with Gasteiger partial charge in [-0.2, -0.15) is 0 Å². The number of ether oxygens (including phenoxy) is 1. The SMILES string of the molecule is COc1ccc2c(CNCCC3=CCCCC3)c(C(=O)O)n(Cc3cccc(F)c3)c2c1. The lowest BCUT2D eigenvalue weighted by atomic mass is 9.97. The minimum Gasteiger partial charge on any atom is -0.497 e. The lowest BCUT2D eigenvalue weighted by molar-refractivity contribution is 0.0684. The molecular formula is C26H29FN2O3. The highest BCUT2D eigenvalue weighted by atomic mass is 19.1. The van der Waals surface area contributed by atoms with Gasteiger partial charge < -0.3 is 19.7 Å². The first-order chi connectivity index (χ1) is 15.6. The van der Waals surface area contributed by atoms with E-state index in [2.05, 4.69) is 11.4 Å². The molecule has 0 saturated heterocycles. The van der Waals surface area contributed by atoms with E-state index in [1.807, 2.05) is 18.2 Å². The van der Waals surface area contributed by atoms with Crippen LogP contribution in [-0.2, 0) is 13.1 Å². The minimum atomic E-state index is -0.997. The molecule has 2 N–H and O–H groups in total. The van der Waals surface area contributed by atoms with Crippen LogP contribution in [0.1, 0.15) is 53.7 Å². The van der Waals surface area contributed by atoms with Crippen molar-refractivity contribution in [2.24, 2.45) is 0 Å². The number of nitrogens with one attached hydrogen (secondary N) is 1. The van der Waals surface area contributed by atoms with Crippen LogP contribution in [0.5, 0.6) is 5.75 Å². The van der Waals surface area contributed by atoms with E-state index in [0.29, 0.717) is 17.9 Å². The molecule has 3 aromatic rings. The molecule has 1 aliphatic carbocycles. The molecule has 1 heterocycles. The number of rotatable bonds is 9. The summed E-state index contributed by atoms with van der Waals surface area (Å²) in [5, 5.41) is 14.4. The molecule has 0 unspecified atom stereocenters. The molecule has 0 atom stereocenters. The van der Waals surface area contributed by atoms with E-state index >= 15 is 0 Å². The maximum atomic E-state index is 13.8. The third-order valence-electron chi connectivity index (χ3n) is 6.12. The van der Waals surface area contributed by atoms with Crippen molar-refractivity contribution in [3.63, 3.8) is 0 Å². The van der Waals surface area contributed by atoms with Gasteiger partial charge in [-0.3, -0.25) is 0 Å². The monoisotopic (exact) mass is 436 g/mol. The molecule has 1 aliphatic rings. The molecule has 32 heavy (non-hydrogen) atoms. The van der Waals surface area contributed by atoms with Crippen LogP contribution in [0.4, 0.5) is 4.39 Å². The number of carbonyl (C=O) groups is 1. The van der Waals surface area contributed by atoms with Gasteiger partial charge in [0.2, 0.25) is 0 Å².